The van der Waals surface area contributed by atoms with Crippen LogP contribution in [0.15, 0.2) is 60.9 Å². The summed E-state index contributed by atoms with van der Waals surface area (Å²) in [7, 11) is 0. The number of nitrogens with zero attached hydrogens (tertiary/aromatic N) is 3. The summed E-state index contributed by atoms with van der Waals surface area (Å²) >= 11 is 0. The maximum absolute atomic E-state index is 12.8. The van der Waals surface area contributed by atoms with E-state index in [-0.39, 0.29) is 17.7 Å². The van der Waals surface area contributed by atoms with Gasteiger partial charge in [-0.3, -0.25) is 9.59 Å². The lowest BCUT2D eigenvalue weighted by molar-refractivity contribution is -0.122. The van der Waals surface area contributed by atoms with E-state index >= 15 is 0 Å². The lowest BCUT2D eigenvalue weighted by atomic mass is 9.96. The Labute approximate surface area is 175 Å². The minimum absolute atomic E-state index is 0.0694. The maximum Gasteiger partial charge on any atom is 0.255 e. The van der Waals surface area contributed by atoms with E-state index < -0.39 is 0 Å². The van der Waals surface area contributed by atoms with Gasteiger partial charge in [-0.1, -0.05) is 12.1 Å². The molecule has 0 unspecified atom stereocenters. The number of para-hydroxylation sites is 2. The molecule has 7 heteroatoms. The van der Waals surface area contributed by atoms with Gasteiger partial charge in [0.1, 0.15) is 0 Å². The Morgan fingerprint density at radius 2 is 1.77 bits per heavy atom. The van der Waals surface area contributed by atoms with Crippen molar-refractivity contribution in [2.75, 3.05) is 23.3 Å². The Balaban J connectivity index is 1.47. The first-order valence-electron chi connectivity index (χ1n) is 10.1. The van der Waals surface area contributed by atoms with Crippen molar-refractivity contribution in [3.63, 3.8) is 0 Å². The van der Waals surface area contributed by atoms with E-state index in [1.54, 1.807) is 23.0 Å². The van der Waals surface area contributed by atoms with Gasteiger partial charge in [-0.2, -0.15) is 5.10 Å². The van der Waals surface area contributed by atoms with Gasteiger partial charge in [-0.25, -0.2) is 4.68 Å². The third-order valence-electron chi connectivity index (χ3n) is 5.50. The van der Waals surface area contributed by atoms with Crippen LogP contribution in [-0.4, -0.2) is 34.7 Å². The molecule has 0 radical (unpaired) electrons. The molecule has 1 aliphatic rings. The summed E-state index contributed by atoms with van der Waals surface area (Å²) in [6, 6.07) is 15.1. The Hall–Kier alpha value is -3.61. The van der Waals surface area contributed by atoms with E-state index in [9.17, 15) is 9.59 Å². The summed E-state index contributed by atoms with van der Waals surface area (Å²) in [5, 5.41) is 7.32. The molecule has 0 saturated carbocycles. The molecule has 1 fully saturated rings. The lowest BCUT2D eigenvalue weighted by Gasteiger charge is -2.33. The van der Waals surface area contributed by atoms with Crippen molar-refractivity contribution in [2.45, 2.75) is 19.8 Å². The Morgan fingerprint density at radius 1 is 1.07 bits per heavy atom. The molecule has 0 atom stereocenters. The van der Waals surface area contributed by atoms with Crippen molar-refractivity contribution >= 4 is 23.2 Å². The van der Waals surface area contributed by atoms with Crippen LogP contribution in [0.5, 0.6) is 0 Å². The van der Waals surface area contributed by atoms with E-state index in [2.05, 4.69) is 15.3 Å². The first-order valence-corrected chi connectivity index (χ1v) is 10.1. The molecule has 2 amide bonds. The number of aromatic nitrogens is 2. The van der Waals surface area contributed by atoms with Gasteiger partial charge < -0.3 is 16.0 Å². The van der Waals surface area contributed by atoms with Crippen molar-refractivity contribution < 1.29 is 9.59 Å². The van der Waals surface area contributed by atoms with Gasteiger partial charge in [0.2, 0.25) is 5.91 Å². The zero-order valence-electron chi connectivity index (χ0n) is 16.9. The standard InChI is InChI=1S/C23H25N5O2/c1-16-14-25-28(15-16)19-8-6-18(7-9-19)23(30)26-20-4-2-3-5-21(20)27-12-10-17(11-13-27)22(24)29/h2-9,14-15,17H,10-13H2,1H3,(H2,24,29)(H,26,30). The van der Waals surface area contributed by atoms with Crippen LogP contribution in [0.25, 0.3) is 5.69 Å². The molecule has 2 heterocycles. The molecule has 0 aliphatic carbocycles. The van der Waals surface area contributed by atoms with Gasteiger partial charge in [0, 0.05) is 30.8 Å². The number of piperidine rings is 1. The van der Waals surface area contributed by atoms with Crippen LogP contribution in [0.3, 0.4) is 0 Å². The second-order valence-electron chi connectivity index (χ2n) is 7.64. The van der Waals surface area contributed by atoms with Gasteiger partial charge in [0.05, 0.1) is 23.3 Å². The number of primary amides is 1. The molecule has 30 heavy (non-hydrogen) atoms. The number of nitrogens with one attached hydrogen (secondary N) is 1. The normalized spacial score (nSPS) is 14.5. The highest BCUT2D eigenvalue weighted by Gasteiger charge is 2.24. The van der Waals surface area contributed by atoms with E-state index in [0.717, 1.165) is 48.6 Å². The van der Waals surface area contributed by atoms with E-state index in [1.807, 2.05) is 49.5 Å². The largest absolute Gasteiger partial charge is 0.370 e. The summed E-state index contributed by atoms with van der Waals surface area (Å²) < 4.78 is 1.78. The van der Waals surface area contributed by atoms with E-state index in [4.69, 9.17) is 5.73 Å². The summed E-state index contributed by atoms with van der Waals surface area (Å²) in [4.78, 5) is 26.4. The van der Waals surface area contributed by atoms with Gasteiger partial charge in [0.15, 0.2) is 0 Å². The number of anilines is 2. The molecule has 3 N–H and O–H groups in total. The van der Waals surface area contributed by atoms with Gasteiger partial charge in [0.25, 0.3) is 5.91 Å². The van der Waals surface area contributed by atoms with Crippen LogP contribution < -0.4 is 16.0 Å². The smallest absolute Gasteiger partial charge is 0.255 e. The van der Waals surface area contributed by atoms with E-state index in [0.29, 0.717) is 5.56 Å². The summed E-state index contributed by atoms with van der Waals surface area (Å²) in [6.45, 7) is 3.45. The average Bonchev–Trinajstić information content (AvgIpc) is 3.20. The SMILES string of the molecule is Cc1cnn(-c2ccc(C(=O)Nc3ccccc3N3CCC(C(N)=O)CC3)cc2)c1. The Kier molecular flexibility index (Phi) is 5.52. The predicted octanol–water partition coefficient (Wildman–Crippen LogP) is 3.13. The number of nitrogens with two attached hydrogens (primary N) is 1. The first-order chi connectivity index (χ1) is 14.5. The number of benzene rings is 2. The first kappa shape index (κ1) is 19.7. The Morgan fingerprint density at radius 3 is 2.40 bits per heavy atom. The quantitative estimate of drug-likeness (QED) is 0.684. The highest BCUT2D eigenvalue weighted by molar-refractivity contribution is 6.06. The molecule has 4 rings (SSSR count). The van der Waals surface area contributed by atoms with Crippen molar-refractivity contribution in [2.24, 2.45) is 11.7 Å². The summed E-state index contributed by atoms with van der Waals surface area (Å²) in [5.41, 5.74) is 9.70. The second kappa shape index (κ2) is 8.41. The van der Waals surface area contributed by atoms with Crippen molar-refractivity contribution in [3.8, 4) is 5.69 Å². The molecular formula is C23H25N5O2. The molecule has 154 valence electrons. The van der Waals surface area contributed by atoms with Crippen LogP contribution in [-0.2, 0) is 4.79 Å². The fraction of sp³-hybridized carbons (Fsp3) is 0.261. The second-order valence-corrected chi connectivity index (χ2v) is 7.64. The summed E-state index contributed by atoms with van der Waals surface area (Å²) in [5.74, 6) is -0.470. The molecule has 3 aromatic rings. The van der Waals surface area contributed by atoms with Crippen LogP contribution >= 0.6 is 0 Å². The molecule has 1 aliphatic heterocycles. The fourth-order valence-corrected chi connectivity index (χ4v) is 3.77. The van der Waals surface area contributed by atoms with Gasteiger partial charge >= 0.3 is 0 Å². The fourth-order valence-electron chi connectivity index (χ4n) is 3.77. The molecule has 7 nitrogen and oxygen atoms in total. The van der Waals surface area contributed by atoms with E-state index in [1.165, 1.54) is 0 Å². The molecule has 0 bridgehead atoms. The number of rotatable bonds is 5. The van der Waals surface area contributed by atoms with Crippen molar-refractivity contribution in [1.29, 1.82) is 0 Å². The molecule has 1 saturated heterocycles. The van der Waals surface area contributed by atoms with Gasteiger partial charge in [-0.15, -0.1) is 0 Å². The number of carbonyl (C=O) groups is 2. The maximum atomic E-state index is 12.8. The molecule has 2 aromatic carbocycles. The third-order valence-corrected chi connectivity index (χ3v) is 5.50. The topological polar surface area (TPSA) is 93.2 Å². The zero-order valence-corrected chi connectivity index (χ0v) is 16.9. The highest BCUT2D eigenvalue weighted by atomic mass is 16.2. The minimum Gasteiger partial charge on any atom is -0.370 e. The van der Waals surface area contributed by atoms with Crippen LogP contribution in [0.1, 0.15) is 28.8 Å². The summed E-state index contributed by atoms with van der Waals surface area (Å²) in [6.07, 6.45) is 5.19. The van der Waals surface area contributed by atoms with Crippen LogP contribution in [0, 0.1) is 12.8 Å². The van der Waals surface area contributed by atoms with Crippen LogP contribution in [0.2, 0.25) is 0 Å². The molecule has 1 aromatic heterocycles. The van der Waals surface area contributed by atoms with Crippen LogP contribution in [0.4, 0.5) is 11.4 Å². The number of hydrogen-bond donors (Lipinski definition) is 2. The molecule has 0 spiro atoms. The van der Waals surface area contributed by atoms with Crippen molar-refractivity contribution in [1.82, 2.24) is 9.78 Å². The lowest BCUT2D eigenvalue weighted by Crippen LogP contribution is -2.38. The zero-order chi connectivity index (χ0) is 21.1. The highest BCUT2D eigenvalue weighted by Crippen LogP contribution is 2.30. The number of amides is 2. The minimum atomic E-state index is -0.232. The number of hydrogen-bond acceptors (Lipinski definition) is 4. The van der Waals surface area contributed by atoms with Crippen molar-refractivity contribution in [3.05, 3.63) is 72.1 Å². The number of aryl methyl sites for hydroxylation is 1. The monoisotopic (exact) mass is 403 g/mol. The predicted molar refractivity (Wildman–Crippen MR) is 117 cm³/mol. The third kappa shape index (κ3) is 4.20. The number of carbonyl (C=O) groups excluding carboxylic acids is 2. The Bertz CT molecular complexity index is 1050. The molecular weight excluding hydrogens is 378 g/mol. The van der Waals surface area contributed by atoms with Gasteiger partial charge in [-0.05, 0) is 61.7 Å². The average molecular weight is 403 g/mol.